The molecule has 0 aliphatic carbocycles. The molecule has 0 bridgehead atoms. The average Bonchev–Trinajstić information content (AvgIpc) is 3.51. The van der Waals surface area contributed by atoms with Gasteiger partial charge in [-0.05, 0) is 48.5 Å². The van der Waals surface area contributed by atoms with Crippen LogP contribution in [0.2, 0.25) is 0 Å². The summed E-state index contributed by atoms with van der Waals surface area (Å²) in [6.45, 7) is -0.423. The van der Waals surface area contributed by atoms with Crippen LogP contribution in [0.5, 0.6) is 11.5 Å². The maximum atomic E-state index is 15.1. The van der Waals surface area contributed by atoms with Gasteiger partial charge in [-0.2, -0.15) is 14.0 Å². The molecule has 4 nitrogen and oxygen atoms in total. The van der Waals surface area contributed by atoms with Crippen LogP contribution in [-0.4, -0.2) is 11.6 Å². The number of epoxide rings is 1. The Morgan fingerprint density at radius 3 is 2.28 bits per heavy atom. The number of nitrogens with zero attached hydrogens (tertiary/aromatic N) is 2. The van der Waals surface area contributed by atoms with Crippen LogP contribution in [0.4, 0.5) is 17.6 Å². The smallest absolute Gasteiger partial charge is 0.324 e. The molecule has 2 aromatic carbocycles. The fraction of sp³-hybridized carbons (Fsp3) is 0.143. The van der Waals surface area contributed by atoms with E-state index in [2.05, 4.69) is 4.98 Å². The Morgan fingerprint density at radius 2 is 1.72 bits per heavy atom. The van der Waals surface area contributed by atoms with Crippen molar-refractivity contribution >= 4 is 0 Å². The fourth-order valence-electron chi connectivity index (χ4n) is 2.96. The van der Waals surface area contributed by atoms with Crippen LogP contribution in [0.25, 0.3) is 0 Å². The molecule has 8 heteroatoms. The van der Waals surface area contributed by atoms with Crippen LogP contribution in [-0.2, 0) is 16.3 Å². The van der Waals surface area contributed by atoms with Gasteiger partial charge in [0.2, 0.25) is 0 Å². The molecular weight excluding hydrogens is 388 g/mol. The van der Waals surface area contributed by atoms with Gasteiger partial charge < -0.3 is 9.47 Å². The Bertz CT molecular complexity index is 1090. The maximum Gasteiger partial charge on any atom is 0.324 e. The summed E-state index contributed by atoms with van der Waals surface area (Å²) in [5.74, 6) is -5.03. The summed E-state index contributed by atoms with van der Waals surface area (Å²) in [6.07, 6.45) is 1.11. The van der Waals surface area contributed by atoms with Crippen molar-refractivity contribution in [1.29, 1.82) is 5.26 Å². The van der Waals surface area contributed by atoms with Crippen molar-refractivity contribution < 1.29 is 27.0 Å². The zero-order valence-electron chi connectivity index (χ0n) is 14.7. The molecule has 0 saturated carbocycles. The molecule has 0 radical (unpaired) electrons. The lowest BCUT2D eigenvalue weighted by Gasteiger charge is -2.24. The first-order valence-corrected chi connectivity index (χ1v) is 8.47. The second-order valence-corrected chi connectivity index (χ2v) is 6.43. The van der Waals surface area contributed by atoms with E-state index in [1.165, 1.54) is 6.07 Å². The molecule has 1 aliphatic heterocycles. The van der Waals surface area contributed by atoms with E-state index in [0.717, 1.165) is 24.4 Å². The van der Waals surface area contributed by atoms with Crippen molar-refractivity contribution in [1.82, 2.24) is 4.98 Å². The van der Waals surface area contributed by atoms with Gasteiger partial charge in [-0.25, -0.2) is 8.78 Å². The third-order valence-electron chi connectivity index (χ3n) is 4.58. The van der Waals surface area contributed by atoms with Crippen LogP contribution in [0.3, 0.4) is 0 Å². The topological polar surface area (TPSA) is 58.4 Å². The van der Waals surface area contributed by atoms with Crippen molar-refractivity contribution in [2.24, 2.45) is 0 Å². The van der Waals surface area contributed by atoms with E-state index in [4.69, 9.17) is 14.7 Å². The Labute approximate surface area is 163 Å². The summed E-state index contributed by atoms with van der Waals surface area (Å²) in [5, 5.41) is 8.78. The van der Waals surface area contributed by atoms with Gasteiger partial charge >= 0.3 is 5.92 Å². The highest BCUT2D eigenvalue weighted by atomic mass is 19.3. The Morgan fingerprint density at radius 1 is 1.03 bits per heavy atom. The number of halogens is 4. The third-order valence-corrected chi connectivity index (χ3v) is 4.58. The average molecular weight is 400 g/mol. The number of nitriles is 1. The zero-order chi connectivity index (χ0) is 20.6. The van der Waals surface area contributed by atoms with Crippen LogP contribution < -0.4 is 4.74 Å². The largest absolute Gasteiger partial charge is 0.456 e. The minimum Gasteiger partial charge on any atom is -0.456 e. The SMILES string of the molecule is N#Cc1ccc(Oc2ccc(C(F)(F)C3(c4ccc(F)cc4F)CO3)nc2)cc1. The molecule has 0 N–H and O–H groups in total. The Balaban J connectivity index is 1.58. The normalized spacial score (nSPS) is 18.2. The monoisotopic (exact) mass is 400 g/mol. The van der Waals surface area contributed by atoms with Gasteiger partial charge in [0, 0.05) is 11.6 Å². The molecule has 1 aromatic heterocycles. The molecule has 0 spiro atoms. The minimum absolute atomic E-state index is 0.202. The molecule has 146 valence electrons. The van der Waals surface area contributed by atoms with Crippen molar-refractivity contribution in [3.8, 4) is 17.6 Å². The lowest BCUT2D eigenvalue weighted by molar-refractivity contribution is -0.0902. The van der Waals surface area contributed by atoms with E-state index in [1.54, 1.807) is 24.3 Å². The Hall–Kier alpha value is -3.44. The van der Waals surface area contributed by atoms with Crippen molar-refractivity contribution in [2.75, 3.05) is 6.61 Å². The first kappa shape index (κ1) is 18.9. The number of benzene rings is 2. The molecule has 1 unspecified atom stereocenters. The summed E-state index contributed by atoms with van der Waals surface area (Å²) in [7, 11) is 0. The van der Waals surface area contributed by atoms with Crippen molar-refractivity contribution in [3.63, 3.8) is 0 Å². The number of pyridine rings is 1. The number of hydrogen-bond acceptors (Lipinski definition) is 4. The summed E-state index contributed by atoms with van der Waals surface area (Å²) in [5.41, 5.74) is -2.84. The predicted molar refractivity (Wildman–Crippen MR) is 93.3 cm³/mol. The fourth-order valence-corrected chi connectivity index (χ4v) is 2.96. The summed E-state index contributed by atoms with van der Waals surface area (Å²) >= 11 is 0. The highest BCUT2D eigenvalue weighted by Crippen LogP contribution is 2.56. The Kier molecular flexibility index (Phi) is 4.47. The van der Waals surface area contributed by atoms with Gasteiger partial charge in [0.05, 0.1) is 24.4 Å². The number of rotatable bonds is 5. The van der Waals surface area contributed by atoms with Crippen LogP contribution in [0.1, 0.15) is 16.8 Å². The van der Waals surface area contributed by atoms with Gasteiger partial charge in [0.1, 0.15) is 28.8 Å². The molecule has 1 saturated heterocycles. The maximum absolute atomic E-state index is 15.1. The summed E-state index contributed by atoms with van der Waals surface area (Å²) < 4.78 is 67.9. The molecule has 4 rings (SSSR count). The van der Waals surface area contributed by atoms with Crippen molar-refractivity contribution in [2.45, 2.75) is 11.5 Å². The first-order chi connectivity index (χ1) is 13.9. The van der Waals surface area contributed by atoms with E-state index in [-0.39, 0.29) is 5.75 Å². The van der Waals surface area contributed by atoms with E-state index >= 15 is 8.78 Å². The second-order valence-electron chi connectivity index (χ2n) is 6.43. The van der Waals surface area contributed by atoms with Gasteiger partial charge in [-0.15, -0.1) is 0 Å². The molecular formula is C21H12F4N2O2. The highest BCUT2D eigenvalue weighted by Gasteiger charge is 2.68. The highest BCUT2D eigenvalue weighted by molar-refractivity contribution is 5.38. The molecule has 29 heavy (non-hydrogen) atoms. The number of hydrogen-bond donors (Lipinski definition) is 0. The molecule has 1 fully saturated rings. The van der Waals surface area contributed by atoms with E-state index in [1.807, 2.05) is 6.07 Å². The van der Waals surface area contributed by atoms with E-state index in [0.29, 0.717) is 17.4 Å². The van der Waals surface area contributed by atoms with Crippen LogP contribution in [0, 0.1) is 23.0 Å². The third kappa shape index (κ3) is 3.30. The quantitative estimate of drug-likeness (QED) is 0.445. The molecule has 1 aliphatic rings. The van der Waals surface area contributed by atoms with E-state index < -0.39 is 41.0 Å². The molecule has 1 atom stereocenters. The van der Waals surface area contributed by atoms with Gasteiger partial charge in [-0.1, -0.05) is 0 Å². The van der Waals surface area contributed by atoms with Gasteiger partial charge in [-0.3, -0.25) is 4.98 Å². The molecule has 2 heterocycles. The number of alkyl halides is 2. The lowest BCUT2D eigenvalue weighted by atomic mass is 9.90. The standard InChI is InChI=1S/C21H12F4N2O2/c22-14-3-7-17(18(23)9-14)20(12-28-20)21(24,25)19-8-6-16(11-27-19)29-15-4-1-13(10-26)2-5-15/h1-9,11H,12H2. The number of aromatic nitrogens is 1. The lowest BCUT2D eigenvalue weighted by Crippen LogP contribution is -2.34. The van der Waals surface area contributed by atoms with Gasteiger partial charge in [0.15, 0.2) is 5.60 Å². The van der Waals surface area contributed by atoms with E-state index in [9.17, 15) is 8.78 Å². The van der Waals surface area contributed by atoms with Crippen molar-refractivity contribution in [3.05, 3.63) is 89.2 Å². The van der Waals surface area contributed by atoms with Crippen LogP contribution in [0.15, 0.2) is 60.8 Å². The summed E-state index contributed by atoms with van der Waals surface area (Å²) in [4.78, 5) is 3.76. The number of ether oxygens (including phenoxy) is 2. The zero-order valence-corrected chi connectivity index (χ0v) is 14.7. The molecule has 3 aromatic rings. The van der Waals surface area contributed by atoms with Gasteiger partial charge in [0.25, 0.3) is 0 Å². The first-order valence-electron chi connectivity index (χ1n) is 8.47. The van der Waals surface area contributed by atoms with Crippen LogP contribution >= 0.6 is 0 Å². The second kappa shape index (κ2) is 6.87. The summed E-state index contributed by atoms with van der Waals surface area (Å²) in [6, 6.07) is 12.9. The molecule has 0 amide bonds. The minimum atomic E-state index is -3.65. The predicted octanol–water partition coefficient (Wildman–Crippen LogP) is 5.04.